The van der Waals surface area contributed by atoms with Crippen molar-refractivity contribution in [1.82, 2.24) is 10.1 Å². The summed E-state index contributed by atoms with van der Waals surface area (Å²) in [5.41, 5.74) is 8.48. The number of anilines is 3. The third-order valence-corrected chi connectivity index (χ3v) is 11.8. The Morgan fingerprint density at radius 2 is 1.61 bits per heavy atom. The number of rotatable bonds is 13. The van der Waals surface area contributed by atoms with E-state index < -0.39 is 10.0 Å². The minimum Gasteiger partial charge on any atom is -0.369 e. The summed E-state index contributed by atoms with van der Waals surface area (Å²) in [4.78, 5) is 5.96. The molecule has 262 valence electrons. The highest BCUT2D eigenvalue weighted by Crippen LogP contribution is 2.32. The van der Waals surface area contributed by atoms with Crippen molar-refractivity contribution in [3.05, 3.63) is 131 Å². The molecular weight excluding hydrogens is 702 g/mol. The van der Waals surface area contributed by atoms with Gasteiger partial charge in [0.25, 0.3) is 10.0 Å². The maximum absolute atomic E-state index is 13.4. The van der Waals surface area contributed by atoms with Gasteiger partial charge in [-0.3, -0.25) is 20.3 Å². The molecule has 9 nitrogen and oxygen atoms in total. The lowest BCUT2D eigenvalue weighted by Crippen LogP contribution is -2.46. The fraction of sp³-hybridized carbons (Fsp3) is 0.205. The monoisotopic (exact) mass is 739 g/mol. The molecular formula is C39H38ClN5O4S2. The summed E-state index contributed by atoms with van der Waals surface area (Å²) >= 11 is 7.88. The third kappa shape index (κ3) is 8.35. The Bertz CT molecular complexity index is 2210. The fourth-order valence-corrected chi connectivity index (χ4v) is 8.41. The zero-order valence-electron chi connectivity index (χ0n) is 27.8. The summed E-state index contributed by atoms with van der Waals surface area (Å²) in [5.74, 6) is 1.01. The van der Waals surface area contributed by atoms with Crippen molar-refractivity contribution < 1.29 is 18.1 Å². The van der Waals surface area contributed by atoms with Gasteiger partial charge in [-0.15, -0.1) is 11.8 Å². The van der Waals surface area contributed by atoms with E-state index in [2.05, 4.69) is 73.7 Å². The molecule has 1 aliphatic rings. The molecule has 7 rings (SSSR count). The van der Waals surface area contributed by atoms with Gasteiger partial charge in [-0.1, -0.05) is 77.4 Å². The van der Waals surface area contributed by atoms with Crippen molar-refractivity contribution in [2.45, 2.75) is 29.2 Å². The van der Waals surface area contributed by atoms with E-state index in [-0.39, 0.29) is 10.7 Å². The van der Waals surface area contributed by atoms with Crippen LogP contribution in [-0.2, 0) is 23.0 Å². The summed E-state index contributed by atoms with van der Waals surface area (Å²) < 4.78 is 35.0. The molecule has 0 radical (unpaired) electrons. The van der Waals surface area contributed by atoms with Crippen LogP contribution in [-0.4, -0.2) is 55.6 Å². The second-order valence-corrected chi connectivity index (χ2v) is 15.7. The molecule has 0 spiro atoms. The summed E-state index contributed by atoms with van der Waals surface area (Å²) in [6, 6.07) is 37.0. The van der Waals surface area contributed by atoms with Crippen molar-refractivity contribution in [3.8, 4) is 11.1 Å². The van der Waals surface area contributed by atoms with Gasteiger partial charge in [-0.25, -0.2) is 8.42 Å². The van der Waals surface area contributed by atoms with E-state index in [0.717, 1.165) is 66.7 Å². The molecule has 51 heavy (non-hydrogen) atoms. The fourth-order valence-electron chi connectivity index (χ4n) is 6.37. The van der Waals surface area contributed by atoms with Crippen LogP contribution in [0.3, 0.4) is 0 Å². The molecule has 0 saturated carbocycles. The van der Waals surface area contributed by atoms with Crippen LogP contribution in [0.15, 0.2) is 130 Å². The van der Waals surface area contributed by atoms with Crippen molar-refractivity contribution >= 4 is 61.5 Å². The minimum atomic E-state index is -4.02. The number of fused-ring (bicyclic) bond motifs is 1. The number of piperazine rings is 1. The average Bonchev–Trinajstić information content (AvgIpc) is 3.55. The summed E-state index contributed by atoms with van der Waals surface area (Å²) in [5, 5.41) is 15.2. The first-order valence-electron chi connectivity index (χ1n) is 16.8. The summed E-state index contributed by atoms with van der Waals surface area (Å²) in [7, 11) is -4.02. The first-order valence-corrected chi connectivity index (χ1v) is 19.7. The van der Waals surface area contributed by atoms with Crippen LogP contribution < -0.4 is 15.1 Å². The number of halogens is 1. The number of nitrogens with zero attached hydrogens (tertiary/aromatic N) is 3. The van der Waals surface area contributed by atoms with Gasteiger partial charge in [0.2, 0.25) is 0 Å². The Morgan fingerprint density at radius 1 is 0.843 bits per heavy atom. The van der Waals surface area contributed by atoms with E-state index >= 15 is 0 Å². The van der Waals surface area contributed by atoms with Crippen LogP contribution in [0.4, 0.5) is 17.2 Å². The number of hydrogen-bond donors (Lipinski definition) is 3. The van der Waals surface area contributed by atoms with Crippen LogP contribution in [0, 0.1) is 0 Å². The van der Waals surface area contributed by atoms with Crippen LogP contribution in [0.25, 0.3) is 22.1 Å². The molecule has 12 heteroatoms. The Hall–Kier alpha value is -4.52. The predicted molar refractivity (Wildman–Crippen MR) is 207 cm³/mol. The highest BCUT2D eigenvalue weighted by molar-refractivity contribution is 7.99. The van der Waals surface area contributed by atoms with Gasteiger partial charge in [-0.05, 0) is 89.4 Å². The Kier molecular flexibility index (Phi) is 10.8. The van der Waals surface area contributed by atoms with E-state index in [1.807, 2.05) is 48.5 Å². The Morgan fingerprint density at radius 3 is 2.39 bits per heavy atom. The average molecular weight is 740 g/mol. The van der Waals surface area contributed by atoms with Crippen LogP contribution >= 0.6 is 23.4 Å². The molecule has 1 saturated heterocycles. The normalized spacial score (nSPS) is 13.8. The zero-order chi connectivity index (χ0) is 35.2. The molecule has 3 N–H and O–H groups in total. The van der Waals surface area contributed by atoms with E-state index in [0.29, 0.717) is 23.1 Å². The number of nitrogens with one attached hydrogen (secondary N) is 2. The first kappa shape index (κ1) is 34.9. The molecule has 1 aromatic heterocycles. The zero-order valence-corrected chi connectivity index (χ0v) is 30.2. The second-order valence-electron chi connectivity index (χ2n) is 12.4. The number of thioether (sulfide) groups is 1. The maximum atomic E-state index is 13.4. The van der Waals surface area contributed by atoms with Gasteiger partial charge in [0, 0.05) is 54.4 Å². The smallest absolute Gasteiger partial charge is 0.263 e. The number of sulfonamides is 1. The molecule has 1 fully saturated rings. The topological polar surface area (TPSA) is 111 Å². The number of benzene rings is 5. The predicted octanol–water partition coefficient (Wildman–Crippen LogP) is 8.80. The van der Waals surface area contributed by atoms with Gasteiger partial charge in [0.05, 0.1) is 16.0 Å². The van der Waals surface area contributed by atoms with E-state index in [1.165, 1.54) is 22.1 Å². The van der Waals surface area contributed by atoms with Crippen LogP contribution in [0.2, 0.25) is 5.02 Å². The molecule has 2 heterocycles. The second kappa shape index (κ2) is 15.8. The molecule has 0 unspecified atom stereocenters. The third-order valence-electron chi connectivity index (χ3n) is 9.11. The standard InChI is InChI=1S/C39H38ClN5O4S2/c40-31-15-12-28(13-16-31)35-11-5-4-7-30(35)27-44-20-22-45(23-21-44)32-17-19-36-38(25-32)49-42-39(36)43-51(47,48)34-18-14-29(37(26-34)41-46)8-6-24-50-33-9-2-1-3-10-33/h1-5,7,9-19,25-26,41,46H,6,8,20-24,27H2,(H,42,43). The molecule has 6 aromatic rings. The lowest BCUT2D eigenvalue weighted by molar-refractivity contribution is 0.250. The Labute approximate surface area is 307 Å². The van der Waals surface area contributed by atoms with E-state index in [1.54, 1.807) is 23.9 Å². The highest BCUT2D eigenvalue weighted by Gasteiger charge is 2.23. The molecule has 0 aliphatic carbocycles. The highest BCUT2D eigenvalue weighted by atomic mass is 35.5. The van der Waals surface area contributed by atoms with Crippen LogP contribution in [0.5, 0.6) is 0 Å². The first-order chi connectivity index (χ1) is 24.9. The SMILES string of the molecule is O=S(=O)(Nc1noc2cc(N3CCN(Cc4ccccc4-c4ccc(Cl)cc4)CC3)ccc12)c1ccc(CCCSc2ccccc2)c(NO)c1. The van der Waals surface area contributed by atoms with Crippen molar-refractivity contribution in [3.63, 3.8) is 0 Å². The number of hydrogen-bond acceptors (Lipinski definition) is 9. The number of aryl methyl sites for hydroxylation is 1. The Balaban J connectivity index is 0.964. The quantitative estimate of drug-likeness (QED) is 0.0608. The molecule has 0 amide bonds. The lowest BCUT2D eigenvalue weighted by Gasteiger charge is -2.36. The maximum Gasteiger partial charge on any atom is 0.263 e. The van der Waals surface area contributed by atoms with Crippen molar-refractivity contribution in [1.29, 1.82) is 0 Å². The van der Waals surface area contributed by atoms with E-state index in [4.69, 9.17) is 16.1 Å². The van der Waals surface area contributed by atoms with Crippen LogP contribution in [0.1, 0.15) is 17.5 Å². The van der Waals surface area contributed by atoms with E-state index in [9.17, 15) is 13.6 Å². The molecule has 5 aromatic carbocycles. The van der Waals surface area contributed by atoms with Crippen molar-refractivity contribution in [2.75, 3.05) is 47.0 Å². The molecule has 0 bridgehead atoms. The largest absolute Gasteiger partial charge is 0.369 e. The summed E-state index contributed by atoms with van der Waals surface area (Å²) in [6.07, 6.45) is 1.54. The van der Waals surface area contributed by atoms with Gasteiger partial charge < -0.3 is 9.42 Å². The minimum absolute atomic E-state index is 0.00268. The molecule has 0 atom stereocenters. The van der Waals surface area contributed by atoms with Gasteiger partial charge in [0.1, 0.15) is 0 Å². The van der Waals surface area contributed by atoms with Gasteiger partial charge >= 0.3 is 0 Å². The lowest BCUT2D eigenvalue weighted by atomic mass is 9.99. The van der Waals surface area contributed by atoms with Gasteiger partial charge in [-0.2, -0.15) is 0 Å². The van der Waals surface area contributed by atoms with Gasteiger partial charge in [0.15, 0.2) is 11.4 Å². The molecule has 1 aliphatic heterocycles. The number of aromatic nitrogens is 1. The van der Waals surface area contributed by atoms with Crippen molar-refractivity contribution in [2.24, 2.45) is 0 Å². The summed E-state index contributed by atoms with van der Waals surface area (Å²) in [6.45, 7) is 4.32.